The molecule has 0 spiro atoms. The van der Waals surface area contributed by atoms with E-state index in [1.54, 1.807) is 0 Å². The van der Waals surface area contributed by atoms with Crippen molar-refractivity contribution in [2.45, 2.75) is 30.3 Å². The fourth-order valence-corrected chi connectivity index (χ4v) is 2.42. The Kier molecular flexibility index (Phi) is 5.45. The zero-order valence-corrected chi connectivity index (χ0v) is 13.4. The topological polar surface area (TPSA) is 20.2 Å². The van der Waals surface area contributed by atoms with Crippen LogP contribution in [-0.2, 0) is 11.8 Å². The van der Waals surface area contributed by atoms with Crippen LogP contribution in [0.4, 0.5) is 43.9 Å². The van der Waals surface area contributed by atoms with Gasteiger partial charge in [-0.1, -0.05) is 42.5 Å². The molecule has 0 radical (unpaired) electrons. The summed E-state index contributed by atoms with van der Waals surface area (Å²) in [6.45, 7) is 0. The van der Waals surface area contributed by atoms with Crippen LogP contribution in [0.1, 0.15) is 28.4 Å². The van der Waals surface area contributed by atoms with E-state index in [0.29, 0.717) is 24.3 Å². The minimum Gasteiger partial charge on any atom is -0.384 e. The lowest BCUT2D eigenvalue weighted by Gasteiger charge is -2.25. The van der Waals surface area contributed by atoms with E-state index in [4.69, 9.17) is 0 Å². The second kappa shape index (κ2) is 6.94. The summed E-state index contributed by atoms with van der Waals surface area (Å²) in [6.07, 6.45) is -14.3. The molecule has 0 amide bonds. The van der Waals surface area contributed by atoms with Crippen molar-refractivity contribution in [2.24, 2.45) is 0 Å². The van der Waals surface area contributed by atoms with Gasteiger partial charge in [0.15, 0.2) is 0 Å². The van der Waals surface area contributed by atoms with Crippen molar-refractivity contribution in [3.63, 3.8) is 0 Å². The molecule has 28 heavy (non-hydrogen) atoms. The first-order valence-electron chi connectivity index (χ1n) is 7.37. The van der Waals surface area contributed by atoms with Crippen LogP contribution in [0.3, 0.4) is 0 Å². The maximum Gasteiger partial charge on any atom is 0.458 e. The number of halogens is 10. The smallest absolute Gasteiger partial charge is 0.384 e. The van der Waals surface area contributed by atoms with E-state index in [-0.39, 0.29) is 6.07 Å². The first kappa shape index (κ1) is 22.0. The fourth-order valence-electron chi connectivity index (χ4n) is 2.42. The molecule has 11 heteroatoms. The molecule has 0 aromatic heterocycles. The molecule has 0 aliphatic rings. The van der Waals surface area contributed by atoms with Crippen LogP contribution in [0.2, 0.25) is 0 Å². The zero-order valence-electron chi connectivity index (χ0n) is 13.4. The summed E-state index contributed by atoms with van der Waals surface area (Å²) in [5.74, 6) is -10.7. The van der Waals surface area contributed by atoms with E-state index in [1.165, 1.54) is 0 Å². The zero-order chi connectivity index (χ0) is 21.5. The molecule has 0 aliphatic carbocycles. The summed E-state index contributed by atoms with van der Waals surface area (Å²) in [7, 11) is 0. The van der Waals surface area contributed by atoms with E-state index in [9.17, 15) is 49.0 Å². The van der Waals surface area contributed by atoms with Gasteiger partial charge < -0.3 is 5.11 Å². The lowest BCUT2D eigenvalue weighted by Crippen LogP contribution is -2.35. The summed E-state index contributed by atoms with van der Waals surface area (Å²) in [5, 5.41) is 10.2. The molecule has 0 heterocycles. The quantitative estimate of drug-likeness (QED) is 0.595. The van der Waals surface area contributed by atoms with Gasteiger partial charge >= 0.3 is 24.2 Å². The third-order valence-electron chi connectivity index (χ3n) is 3.87. The molecule has 154 valence electrons. The molecule has 1 nitrogen and oxygen atoms in total. The number of alkyl halides is 10. The molecule has 0 saturated heterocycles. The number of aliphatic hydroxyl groups is 1. The van der Waals surface area contributed by atoms with Crippen molar-refractivity contribution in [3.8, 4) is 0 Å². The number of benzene rings is 2. The lowest BCUT2D eigenvalue weighted by molar-refractivity contribution is -0.289. The van der Waals surface area contributed by atoms with Crippen molar-refractivity contribution >= 4 is 0 Å². The molecule has 0 saturated carbocycles. The highest BCUT2D eigenvalue weighted by Gasteiger charge is 2.60. The number of aliphatic hydroxyl groups excluding tert-OH is 1. The van der Waals surface area contributed by atoms with Gasteiger partial charge in [-0.05, 0) is 17.2 Å². The Morgan fingerprint density at radius 1 is 0.643 bits per heavy atom. The Labute approximate surface area is 151 Å². The Bertz CT molecular complexity index is 838. The molecule has 1 unspecified atom stereocenters. The van der Waals surface area contributed by atoms with E-state index in [1.807, 2.05) is 0 Å². The second-order valence-corrected chi connectivity index (χ2v) is 5.76. The summed E-state index contributed by atoms with van der Waals surface area (Å²) in [5.41, 5.74) is -4.95. The van der Waals surface area contributed by atoms with Crippen molar-refractivity contribution in [1.29, 1.82) is 0 Å². The predicted octanol–water partition coefficient (Wildman–Crippen LogP) is 6.08. The lowest BCUT2D eigenvalue weighted by atomic mass is 9.92. The van der Waals surface area contributed by atoms with Crippen LogP contribution < -0.4 is 0 Å². The van der Waals surface area contributed by atoms with Crippen molar-refractivity contribution < 1.29 is 49.0 Å². The third-order valence-corrected chi connectivity index (χ3v) is 3.87. The molecule has 1 N–H and O–H groups in total. The fraction of sp³-hybridized carbons (Fsp3) is 0.294. The molecule has 0 bridgehead atoms. The largest absolute Gasteiger partial charge is 0.458 e. The molecular weight excluding hydrogens is 410 g/mol. The third kappa shape index (κ3) is 3.80. The van der Waals surface area contributed by atoms with E-state index in [0.717, 1.165) is 18.2 Å². The monoisotopic (exact) mass is 420 g/mol. The van der Waals surface area contributed by atoms with Gasteiger partial charge in [-0.25, -0.2) is 0 Å². The Hall–Kier alpha value is -2.30. The SMILES string of the molecule is OC(c1cccc(C(F)(F)C(F)(F)F)c1)c1ccccc1C(F)(F)C(F)(F)F. The van der Waals surface area contributed by atoms with Crippen LogP contribution in [0.15, 0.2) is 48.5 Å². The van der Waals surface area contributed by atoms with Gasteiger partial charge in [0.2, 0.25) is 0 Å². The first-order valence-corrected chi connectivity index (χ1v) is 7.37. The standard InChI is InChI=1S/C17H10F10O/c18-14(19,16(22,23)24)10-5-3-4-9(8-10)13(28)11-6-1-2-7-12(11)15(20,21)17(25,26)27/h1-8,13,28H. The number of rotatable bonds is 4. The molecule has 0 aliphatic heterocycles. The Morgan fingerprint density at radius 3 is 1.71 bits per heavy atom. The molecule has 0 fully saturated rings. The van der Waals surface area contributed by atoms with Crippen molar-refractivity contribution in [3.05, 3.63) is 70.8 Å². The van der Waals surface area contributed by atoms with E-state index in [2.05, 4.69) is 0 Å². The number of hydrogen-bond acceptors (Lipinski definition) is 1. The van der Waals surface area contributed by atoms with E-state index >= 15 is 0 Å². The molecule has 2 aromatic rings. The predicted molar refractivity (Wildman–Crippen MR) is 76.8 cm³/mol. The van der Waals surface area contributed by atoms with Gasteiger partial charge in [-0.2, -0.15) is 43.9 Å². The molecule has 1 atom stereocenters. The minimum atomic E-state index is -6.02. The van der Waals surface area contributed by atoms with Crippen LogP contribution in [-0.4, -0.2) is 17.5 Å². The Balaban J connectivity index is 2.56. The Morgan fingerprint density at radius 2 is 1.18 bits per heavy atom. The highest BCUT2D eigenvalue weighted by atomic mass is 19.4. The average molecular weight is 420 g/mol. The van der Waals surface area contributed by atoms with Crippen LogP contribution in [0, 0.1) is 0 Å². The second-order valence-electron chi connectivity index (χ2n) is 5.76. The molecular formula is C17H10F10O. The number of hydrogen-bond donors (Lipinski definition) is 1. The van der Waals surface area contributed by atoms with Crippen LogP contribution in [0.5, 0.6) is 0 Å². The highest BCUT2D eigenvalue weighted by Crippen LogP contribution is 2.47. The summed E-state index contributed by atoms with van der Waals surface area (Å²) in [6, 6.07) is 5.00. The van der Waals surface area contributed by atoms with Gasteiger partial charge in [0, 0.05) is 11.1 Å². The highest BCUT2D eigenvalue weighted by molar-refractivity contribution is 5.40. The van der Waals surface area contributed by atoms with Gasteiger partial charge in [-0.3, -0.25) is 0 Å². The van der Waals surface area contributed by atoms with Gasteiger partial charge in [0.1, 0.15) is 6.10 Å². The maximum absolute atomic E-state index is 13.7. The minimum absolute atomic E-state index is 0.195. The molecule has 2 rings (SSSR count). The summed E-state index contributed by atoms with van der Waals surface area (Å²) in [4.78, 5) is 0. The normalized spacial score (nSPS) is 14.8. The maximum atomic E-state index is 13.7. The van der Waals surface area contributed by atoms with Crippen molar-refractivity contribution in [1.82, 2.24) is 0 Å². The average Bonchev–Trinajstić information content (AvgIpc) is 2.59. The first-order chi connectivity index (χ1) is 12.6. The van der Waals surface area contributed by atoms with E-state index < -0.39 is 52.6 Å². The van der Waals surface area contributed by atoms with Crippen molar-refractivity contribution in [2.75, 3.05) is 0 Å². The van der Waals surface area contributed by atoms with Gasteiger partial charge in [0.05, 0.1) is 0 Å². The summed E-state index contributed by atoms with van der Waals surface area (Å²) < 4.78 is 130. The van der Waals surface area contributed by atoms with Gasteiger partial charge in [0.25, 0.3) is 0 Å². The van der Waals surface area contributed by atoms with Gasteiger partial charge in [-0.15, -0.1) is 0 Å². The molecule has 2 aromatic carbocycles. The van der Waals surface area contributed by atoms with Crippen LogP contribution in [0.25, 0.3) is 0 Å². The van der Waals surface area contributed by atoms with Crippen LogP contribution >= 0.6 is 0 Å². The summed E-state index contributed by atoms with van der Waals surface area (Å²) >= 11 is 0.